The maximum atomic E-state index is 14.4. The van der Waals surface area contributed by atoms with E-state index < -0.39 is 11.7 Å². The molecule has 26 heavy (non-hydrogen) atoms. The molecule has 3 rings (SSSR count). The van der Waals surface area contributed by atoms with Gasteiger partial charge in [-0.2, -0.15) is 0 Å². The van der Waals surface area contributed by atoms with Crippen LogP contribution in [0.15, 0.2) is 36.2 Å². The van der Waals surface area contributed by atoms with E-state index in [2.05, 4.69) is 10.3 Å². The van der Waals surface area contributed by atoms with Gasteiger partial charge in [0.05, 0.1) is 11.4 Å². The second-order valence-corrected chi connectivity index (χ2v) is 6.50. The standard InChI is InChI=1S/C19H22FN5O/c1-10-5-6-11(9-24-10)15-14(20)8-7-13(16(15)21)17(22)18(23)19(26)25-12-3-2-4-12/h5-9,12H,2-4,21-23H2,1H3,(H,25,26)/b18-17+. The molecule has 1 aromatic carbocycles. The fraction of sp³-hybridized carbons (Fsp3) is 0.263. The maximum absolute atomic E-state index is 14.4. The number of nitrogens with two attached hydrogens (primary N) is 3. The SMILES string of the molecule is Cc1ccc(-c2c(F)ccc(/C(N)=C(\N)C(=O)NC3CCC3)c2N)cn1. The minimum atomic E-state index is -0.498. The summed E-state index contributed by atoms with van der Waals surface area (Å²) in [6.07, 6.45) is 4.49. The lowest BCUT2D eigenvalue weighted by molar-refractivity contribution is -0.118. The molecule has 1 amide bonds. The van der Waals surface area contributed by atoms with Crippen LogP contribution in [0.2, 0.25) is 0 Å². The fourth-order valence-corrected chi connectivity index (χ4v) is 2.82. The maximum Gasteiger partial charge on any atom is 0.269 e. The number of benzene rings is 1. The first-order chi connectivity index (χ1) is 12.4. The average Bonchev–Trinajstić information content (AvgIpc) is 2.58. The molecule has 1 aliphatic carbocycles. The quantitative estimate of drug-likeness (QED) is 0.494. The van der Waals surface area contributed by atoms with E-state index in [-0.39, 0.29) is 28.7 Å². The van der Waals surface area contributed by atoms with Crippen molar-refractivity contribution in [2.24, 2.45) is 11.5 Å². The molecule has 1 aliphatic rings. The molecule has 1 fully saturated rings. The molecule has 0 spiro atoms. The summed E-state index contributed by atoms with van der Waals surface area (Å²) in [5.41, 5.74) is 20.0. The highest BCUT2D eigenvalue weighted by Crippen LogP contribution is 2.33. The van der Waals surface area contributed by atoms with Crippen LogP contribution in [0.3, 0.4) is 0 Å². The van der Waals surface area contributed by atoms with Crippen molar-refractivity contribution in [2.45, 2.75) is 32.2 Å². The summed E-state index contributed by atoms with van der Waals surface area (Å²) in [7, 11) is 0. The van der Waals surface area contributed by atoms with Crippen LogP contribution in [0.25, 0.3) is 16.8 Å². The van der Waals surface area contributed by atoms with Crippen LogP contribution < -0.4 is 22.5 Å². The van der Waals surface area contributed by atoms with Crippen molar-refractivity contribution in [3.8, 4) is 11.1 Å². The average molecular weight is 355 g/mol. The predicted octanol–water partition coefficient (Wildman–Crippen LogP) is 2.03. The van der Waals surface area contributed by atoms with Gasteiger partial charge in [-0.25, -0.2) is 4.39 Å². The van der Waals surface area contributed by atoms with Gasteiger partial charge in [0.15, 0.2) is 0 Å². The number of hydrogen-bond acceptors (Lipinski definition) is 5. The van der Waals surface area contributed by atoms with Gasteiger partial charge in [-0.15, -0.1) is 0 Å². The Bertz CT molecular complexity index is 872. The van der Waals surface area contributed by atoms with Crippen molar-refractivity contribution in [2.75, 3.05) is 5.73 Å². The van der Waals surface area contributed by atoms with Crippen molar-refractivity contribution in [1.82, 2.24) is 10.3 Å². The Hall–Kier alpha value is -3.09. The zero-order valence-electron chi connectivity index (χ0n) is 14.6. The molecule has 6 nitrogen and oxygen atoms in total. The van der Waals surface area contributed by atoms with Crippen LogP contribution in [-0.2, 0) is 4.79 Å². The number of aryl methyl sites for hydroxylation is 1. The number of nitrogens with one attached hydrogen (secondary N) is 1. The van der Waals surface area contributed by atoms with Gasteiger partial charge in [-0.3, -0.25) is 9.78 Å². The zero-order valence-corrected chi connectivity index (χ0v) is 14.6. The van der Waals surface area contributed by atoms with E-state index in [0.29, 0.717) is 11.1 Å². The van der Waals surface area contributed by atoms with Gasteiger partial charge in [-0.05, 0) is 44.4 Å². The summed E-state index contributed by atoms with van der Waals surface area (Å²) in [6.45, 7) is 1.84. The Morgan fingerprint density at radius 3 is 2.54 bits per heavy atom. The number of carbonyl (C=O) groups is 1. The number of halogens is 1. The van der Waals surface area contributed by atoms with Crippen LogP contribution >= 0.6 is 0 Å². The lowest BCUT2D eigenvalue weighted by Gasteiger charge is -2.26. The highest BCUT2D eigenvalue weighted by molar-refractivity contribution is 6.01. The highest BCUT2D eigenvalue weighted by Gasteiger charge is 2.23. The summed E-state index contributed by atoms with van der Waals surface area (Å²) in [4.78, 5) is 16.4. The molecule has 0 radical (unpaired) electrons. The zero-order chi connectivity index (χ0) is 18.8. The monoisotopic (exact) mass is 355 g/mol. The summed E-state index contributed by atoms with van der Waals surface area (Å²) in [5, 5.41) is 2.82. The van der Waals surface area contributed by atoms with E-state index in [9.17, 15) is 9.18 Å². The molecular weight excluding hydrogens is 333 g/mol. The Morgan fingerprint density at radius 1 is 1.23 bits per heavy atom. The van der Waals surface area contributed by atoms with E-state index in [1.807, 2.05) is 6.92 Å². The van der Waals surface area contributed by atoms with E-state index in [1.54, 1.807) is 18.3 Å². The number of carbonyl (C=O) groups excluding carboxylic acids is 1. The van der Waals surface area contributed by atoms with Crippen LogP contribution in [-0.4, -0.2) is 16.9 Å². The fourth-order valence-electron chi connectivity index (χ4n) is 2.82. The molecule has 1 saturated carbocycles. The number of aromatic nitrogens is 1. The summed E-state index contributed by atoms with van der Waals surface area (Å²) in [6, 6.07) is 6.31. The van der Waals surface area contributed by atoms with Crippen molar-refractivity contribution in [3.05, 3.63) is 53.2 Å². The van der Waals surface area contributed by atoms with E-state index >= 15 is 0 Å². The minimum Gasteiger partial charge on any atom is -0.398 e. The third-order valence-corrected chi connectivity index (χ3v) is 4.66. The number of anilines is 1. The van der Waals surface area contributed by atoms with E-state index in [4.69, 9.17) is 17.2 Å². The van der Waals surface area contributed by atoms with Gasteiger partial charge in [0.1, 0.15) is 11.5 Å². The Morgan fingerprint density at radius 2 is 1.96 bits per heavy atom. The molecule has 7 N–H and O–H groups in total. The molecule has 0 atom stereocenters. The Kier molecular flexibility index (Phi) is 4.79. The summed E-state index contributed by atoms with van der Waals surface area (Å²) < 4.78 is 14.4. The predicted molar refractivity (Wildman–Crippen MR) is 99.9 cm³/mol. The highest BCUT2D eigenvalue weighted by atomic mass is 19.1. The third-order valence-electron chi connectivity index (χ3n) is 4.66. The summed E-state index contributed by atoms with van der Waals surface area (Å²) in [5.74, 6) is -0.934. The van der Waals surface area contributed by atoms with E-state index in [0.717, 1.165) is 25.0 Å². The Balaban J connectivity index is 1.99. The van der Waals surface area contributed by atoms with Gasteiger partial charge in [0, 0.05) is 34.6 Å². The number of amides is 1. The van der Waals surface area contributed by atoms with Crippen molar-refractivity contribution < 1.29 is 9.18 Å². The molecule has 0 aliphatic heterocycles. The molecule has 0 unspecified atom stereocenters. The second-order valence-electron chi connectivity index (χ2n) is 6.50. The largest absolute Gasteiger partial charge is 0.398 e. The summed E-state index contributed by atoms with van der Waals surface area (Å²) >= 11 is 0. The second kappa shape index (κ2) is 7.03. The van der Waals surface area contributed by atoms with Crippen molar-refractivity contribution in [1.29, 1.82) is 0 Å². The smallest absolute Gasteiger partial charge is 0.269 e. The van der Waals surface area contributed by atoms with Crippen LogP contribution in [0.1, 0.15) is 30.5 Å². The molecule has 2 aromatic rings. The minimum absolute atomic E-state index is 0.0284. The topological polar surface area (TPSA) is 120 Å². The third kappa shape index (κ3) is 3.33. The first kappa shape index (κ1) is 17.7. The van der Waals surface area contributed by atoms with Gasteiger partial charge in [0.25, 0.3) is 5.91 Å². The van der Waals surface area contributed by atoms with Crippen LogP contribution in [0.4, 0.5) is 10.1 Å². The first-order valence-electron chi connectivity index (χ1n) is 8.46. The molecule has 0 saturated heterocycles. The number of rotatable bonds is 4. The van der Waals surface area contributed by atoms with Gasteiger partial charge < -0.3 is 22.5 Å². The molecule has 0 bridgehead atoms. The number of hydrogen-bond donors (Lipinski definition) is 4. The molecular formula is C19H22FN5O. The number of nitrogens with zero attached hydrogens (tertiary/aromatic N) is 1. The molecule has 1 aromatic heterocycles. The Labute approximate surface area is 151 Å². The molecule has 7 heteroatoms. The molecule has 136 valence electrons. The lowest BCUT2D eigenvalue weighted by Crippen LogP contribution is -2.42. The molecule has 1 heterocycles. The number of pyridine rings is 1. The van der Waals surface area contributed by atoms with Crippen molar-refractivity contribution in [3.63, 3.8) is 0 Å². The van der Waals surface area contributed by atoms with Gasteiger partial charge >= 0.3 is 0 Å². The van der Waals surface area contributed by atoms with Gasteiger partial charge in [-0.1, -0.05) is 6.07 Å². The van der Waals surface area contributed by atoms with Crippen molar-refractivity contribution >= 4 is 17.3 Å². The van der Waals surface area contributed by atoms with Crippen LogP contribution in [0.5, 0.6) is 0 Å². The number of nitrogen functional groups attached to an aromatic ring is 1. The lowest BCUT2D eigenvalue weighted by atomic mass is 9.93. The normalized spacial score (nSPS) is 15.2. The van der Waals surface area contributed by atoms with Crippen LogP contribution in [0, 0.1) is 12.7 Å². The van der Waals surface area contributed by atoms with Gasteiger partial charge in [0.2, 0.25) is 0 Å². The van der Waals surface area contributed by atoms with E-state index in [1.165, 1.54) is 12.1 Å². The first-order valence-corrected chi connectivity index (χ1v) is 8.46.